The topological polar surface area (TPSA) is 121 Å². The van der Waals surface area contributed by atoms with Crippen LogP contribution in [-0.2, 0) is 21.7 Å². The molecule has 2 aromatic carbocycles. The normalized spacial score (nSPS) is 17.5. The molecule has 0 radical (unpaired) electrons. The van der Waals surface area contributed by atoms with Gasteiger partial charge in [0.1, 0.15) is 17.8 Å². The predicted molar refractivity (Wildman–Crippen MR) is 119 cm³/mol. The van der Waals surface area contributed by atoms with Gasteiger partial charge in [-0.15, -0.1) is 0 Å². The molecule has 33 heavy (non-hydrogen) atoms. The summed E-state index contributed by atoms with van der Waals surface area (Å²) in [6.07, 6.45) is 1.51. The van der Waals surface area contributed by atoms with Crippen molar-refractivity contribution in [2.45, 2.75) is 19.0 Å². The number of para-hydroxylation sites is 1. The van der Waals surface area contributed by atoms with E-state index in [1.165, 1.54) is 6.26 Å². The fraction of sp³-hybridized carbons (Fsp3) is 0.167. The molecule has 9 nitrogen and oxygen atoms in total. The number of urea groups is 1. The van der Waals surface area contributed by atoms with Gasteiger partial charge in [0.25, 0.3) is 11.8 Å². The summed E-state index contributed by atoms with van der Waals surface area (Å²) in [5.41, 5.74) is -0.145. The molecule has 168 valence electrons. The van der Waals surface area contributed by atoms with E-state index in [0.717, 1.165) is 4.90 Å². The van der Waals surface area contributed by atoms with Crippen LogP contribution >= 0.6 is 0 Å². The summed E-state index contributed by atoms with van der Waals surface area (Å²) in [6.45, 7) is 1.29. The van der Waals surface area contributed by atoms with Crippen LogP contribution in [0.15, 0.2) is 77.4 Å². The van der Waals surface area contributed by atoms with Crippen LogP contribution in [-0.4, -0.2) is 35.2 Å². The highest BCUT2D eigenvalue weighted by Gasteiger charge is 2.49. The van der Waals surface area contributed by atoms with Crippen LogP contribution in [0.2, 0.25) is 0 Å². The fourth-order valence-electron chi connectivity index (χ4n) is 3.61. The first kappa shape index (κ1) is 21.8. The Hall–Kier alpha value is -4.40. The molecule has 4 rings (SSSR count). The Morgan fingerprint density at radius 1 is 1.00 bits per heavy atom. The van der Waals surface area contributed by atoms with Crippen LogP contribution in [0.5, 0.6) is 0 Å². The molecule has 0 saturated carbocycles. The molecule has 1 aromatic heterocycles. The summed E-state index contributed by atoms with van der Waals surface area (Å²) < 4.78 is 5.20. The van der Waals surface area contributed by atoms with E-state index in [9.17, 15) is 19.2 Å². The monoisotopic (exact) mass is 446 g/mol. The highest BCUT2D eigenvalue weighted by atomic mass is 16.3. The summed E-state index contributed by atoms with van der Waals surface area (Å²) in [5, 5.41) is 8.00. The maximum Gasteiger partial charge on any atom is 0.325 e. The number of benzene rings is 2. The van der Waals surface area contributed by atoms with Gasteiger partial charge in [0.15, 0.2) is 0 Å². The van der Waals surface area contributed by atoms with Crippen molar-refractivity contribution in [1.82, 2.24) is 15.5 Å². The number of nitrogens with one attached hydrogen (secondary N) is 3. The summed E-state index contributed by atoms with van der Waals surface area (Å²) in [5.74, 6) is -0.959. The van der Waals surface area contributed by atoms with Crippen molar-refractivity contribution in [3.63, 3.8) is 0 Å². The lowest BCUT2D eigenvalue weighted by Gasteiger charge is -2.22. The first-order valence-corrected chi connectivity index (χ1v) is 10.3. The van der Waals surface area contributed by atoms with Crippen molar-refractivity contribution in [3.05, 3.63) is 89.9 Å². The molecule has 0 bridgehead atoms. The number of imide groups is 1. The van der Waals surface area contributed by atoms with Crippen LogP contribution < -0.4 is 16.0 Å². The Morgan fingerprint density at radius 3 is 2.45 bits per heavy atom. The van der Waals surface area contributed by atoms with Gasteiger partial charge in [0.05, 0.1) is 24.1 Å². The van der Waals surface area contributed by atoms with Gasteiger partial charge in [-0.05, 0) is 36.8 Å². The zero-order valence-electron chi connectivity index (χ0n) is 17.8. The van der Waals surface area contributed by atoms with Gasteiger partial charge in [0, 0.05) is 0 Å². The molecular weight excluding hydrogens is 424 g/mol. The van der Waals surface area contributed by atoms with Crippen molar-refractivity contribution < 1.29 is 23.6 Å². The minimum absolute atomic E-state index is 0.189. The zero-order valence-corrected chi connectivity index (χ0v) is 17.8. The van der Waals surface area contributed by atoms with Crippen molar-refractivity contribution in [2.24, 2.45) is 0 Å². The van der Waals surface area contributed by atoms with Gasteiger partial charge in [-0.3, -0.25) is 19.3 Å². The SMILES string of the molecule is CC1(c2ccccc2)NC(=O)N(CC(=O)Nc2ccccc2C(=O)NCc2ccco2)C1=O. The van der Waals surface area contributed by atoms with E-state index in [1.54, 1.807) is 67.6 Å². The molecule has 3 aromatic rings. The van der Waals surface area contributed by atoms with Gasteiger partial charge >= 0.3 is 6.03 Å². The Bertz CT molecular complexity index is 1190. The number of amides is 5. The Labute approximate surface area is 189 Å². The van der Waals surface area contributed by atoms with Gasteiger partial charge in [-0.2, -0.15) is 0 Å². The second kappa shape index (κ2) is 8.99. The average Bonchev–Trinajstić information content (AvgIpc) is 3.41. The molecular formula is C24H22N4O5. The second-order valence-electron chi connectivity index (χ2n) is 7.67. The van der Waals surface area contributed by atoms with E-state index < -0.39 is 35.8 Å². The number of carbonyl (C=O) groups excluding carboxylic acids is 4. The number of carbonyl (C=O) groups is 4. The standard InChI is InChI=1S/C24H22N4O5/c1-24(16-8-3-2-4-9-16)22(31)28(23(32)27-24)15-20(29)26-19-12-6-5-11-18(19)21(30)25-14-17-10-7-13-33-17/h2-13H,14-15H2,1H3,(H,25,30)(H,26,29)(H,27,32). The quantitative estimate of drug-likeness (QED) is 0.482. The maximum absolute atomic E-state index is 13.0. The van der Waals surface area contributed by atoms with Crippen molar-refractivity contribution in [3.8, 4) is 0 Å². The molecule has 3 N–H and O–H groups in total. The van der Waals surface area contributed by atoms with Crippen LogP contribution in [0.25, 0.3) is 0 Å². The zero-order chi connectivity index (χ0) is 23.4. The molecule has 2 heterocycles. The second-order valence-corrected chi connectivity index (χ2v) is 7.67. The molecule has 1 aliphatic rings. The summed E-state index contributed by atoms with van der Waals surface area (Å²) >= 11 is 0. The van der Waals surface area contributed by atoms with Crippen molar-refractivity contribution in [2.75, 3.05) is 11.9 Å². The average molecular weight is 446 g/mol. The molecule has 0 spiro atoms. The van der Waals surface area contributed by atoms with Gasteiger partial charge in [-0.25, -0.2) is 4.79 Å². The van der Waals surface area contributed by atoms with E-state index >= 15 is 0 Å². The lowest BCUT2D eigenvalue weighted by atomic mass is 9.92. The maximum atomic E-state index is 13.0. The van der Waals surface area contributed by atoms with E-state index in [2.05, 4.69) is 16.0 Å². The number of nitrogens with zero attached hydrogens (tertiary/aromatic N) is 1. The molecule has 1 unspecified atom stereocenters. The summed E-state index contributed by atoms with van der Waals surface area (Å²) in [6, 6.07) is 18.1. The molecule has 1 saturated heterocycles. The molecule has 0 aliphatic carbocycles. The van der Waals surface area contributed by atoms with Crippen LogP contribution in [0.1, 0.15) is 28.6 Å². The Kier molecular flexibility index (Phi) is 5.95. The minimum Gasteiger partial charge on any atom is -0.467 e. The van der Waals surface area contributed by atoms with Crippen molar-refractivity contribution >= 4 is 29.4 Å². The molecule has 1 fully saturated rings. The number of anilines is 1. The van der Waals surface area contributed by atoms with Gasteiger partial charge < -0.3 is 20.4 Å². The fourth-order valence-corrected chi connectivity index (χ4v) is 3.61. The van der Waals surface area contributed by atoms with Gasteiger partial charge in [-0.1, -0.05) is 42.5 Å². The van der Waals surface area contributed by atoms with E-state index in [0.29, 0.717) is 11.3 Å². The number of hydrogen-bond donors (Lipinski definition) is 3. The smallest absolute Gasteiger partial charge is 0.325 e. The largest absolute Gasteiger partial charge is 0.467 e. The summed E-state index contributed by atoms with van der Waals surface area (Å²) in [4.78, 5) is 51.6. The molecule has 9 heteroatoms. The number of hydrogen-bond acceptors (Lipinski definition) is 5. The first-order valence-electron chi connectivity index (χ1n) is 10.3. The lowest BCUT2D eigenvalue weighted by Crippen LogP contribution is -2.42. The first-order chi connectivity index (χ1) is 15.9. The van der Waals surface area contributed by atoms with E-state index in [-0.39, 0.29) is 17.8 Å². The van der Waals surface area contributed by atoms with E-state index in [1.807, 2.05) is 6.07 Å². The predicted octanol–water partition coefficient (Wildman–Crippen LogP) is 2.62. The number of rotatable bonds is 7. The third-order valence-electron chi connectivity index (χ3n) is 5.38. The minimum atomic E-state index is -1.26. The van der Waals surface area contributed by atoms with E-state index in [4.69, 9.17) is 4.42 Å². The lowest BCUT2D eigenvalue weighted by molar-refractivity contribution is -0.133. The van der Waals surface area contributed by atoms with Crippen molar-refractivity contribution in [1.29, 1.82) is 0 Å². The summed E-state index contributed by atoms with van der Waals surface area (Å²) in [7, 11) is 0. The molecule has 5 amide bonds. The number of furan rings is 1. The Balaban J connectivity index is 1.43. The third kappa shape index (κ3) is 4.47. The Morgan fingerprint density at radius 2 is 1.73 bits per heavy atom. The molecule has 1 atom stereocenters. The molecule has 1 aliphatic heterocycles. The third-order valence-corrected chi connectivity index (χ3v) is 5.38. The van der Waals surface area contributed by atoms with Crippen LogP contribution in [0, 0.1) is 0 Å². The highest BCUT2D eigenvalue weighted by Crippen LogP contribution is 2.28. The van der Waals surface area contributed by atoms with Crippen LogP contribution in [0.3, 0.4) is 0 Å². The van der Waals surface area contributed by atoms with Crippen LogP contribution in [0.4, 0.5) is 10.5 Å². The van der Waals surface area contributed by atoms with Gasteiger partial charge in [0.2, 0.25) is 5.91 Å². The highest BCUT2D eigenvalue weighted by molar-refractivity contribution is 6.11.